The largest absolute Gasteiger partial charge is 0.491 e. The highest BCUT2D eigenvalue weighted by Gasteiger charge is 2.32. The molecule has 1 aliphatic heterocycles. The average molecular weight is 277 g/mol. The lowest BCUT2D eigenvalue weighted by Gasteiger charge is -2.07. The van der Waals surface area contributed by atoms with E-state index < -0.39 is 0 Å². The Balaban J connectivity index is 2.14. The van der Waals surface area contributed by atoms with Crippen LogP contribution in [0, 0.1) is 0 Å². The van der Waals surface area contributed by atoms with Gasteiger partial charge in [-0.15, -0.1) is 5.10 Å². The summed E-state index contributed by atoms with van der Waals surface area (Å²) >= 11 is 0. The van der Waals surface area contributed by atoms with Crippen molar-refractivity contribution in [1.82, 2.24) is 19.6 Å². The number of ketones is 1. The van der Waals surface area contributed by atoms with E-state index >= 15 is 0 Å². The van der Waals surface area contributed by atoms with Crippen LogP contribution in [0.4, 0.5) is 5.95 Å². The maximum absolute atomic E-state index is 11.7. The maximum atomic E-state index is 11.7. The number of rotatable bonds is 3. The van der Waals surface area contributed by atoms with Crippen molar-refractivity contribution in [3.8, 4) is 11.8 Å². The molecule has 0 aromatic carbocycles. The summed E-state index contributed by atoms with van der Waals surface area (Å²) in [6.45, 7) is -0.0201. The van der Waals surface area contributed by atoms with E-state index in [1.165, 1.54) is 29.8 Å². The molecule has 9 heteroatoms. The molecule has 3 rings (SSSR count). The highest BCUT2D eigenvalue weighted by atomic mass is 16.5. The van der Waals surface area contributed by atoms with Crippen LogP contribution in [0.3, 0.4) is 0 Å². The number of fused-ring (bicyclic) bond motifs is 1. The minimum absolute atomic E-state index is 0.0201. The highest BCUT2D eigenvalue weighted by molar-refractivity contribution is 6.14. The summed E-state index contributed by atoms with van der Waals surface area (Å²) in [5.74, 6) is 0.0377. The van der Waals surface area contributed by atoms with Crippen LogP contribution in [0.5, 0.6) is 11.8 Å². The second kappa shape index (κ2) is 4.44. The minimum atomic E-state index is -0.322. The molecule has 2 aromatic heterocycles. The number of methoxy groups -OCH3 is 2. The summed E-state index contributed by atoms with van der Waals surface area (Å²) < 4.78 is 11.5. The molecule has 1 aliphatic rings. The summed E-state index contributed by atoms with van der Waals surface area (Å²) in [5.41, 5.74) is 0.362. The summed E-state index contributed by atoms with van der Waals surface area (Å²) in [6, 6.07) is 0.206. The first-order valence-electron chi connectivity index (χ1n) is 5.80. The molecule has 1 amide bonds. The van der Waals surface area contributed by atoms with Crippen molar-refractivity contribution in [1.29, 1.82) is 0 Å². The van der Waals surface area contributed by atoms with Gasteiger partial charge in [0.15, 0.2) is 11.5 Å². The van der Waals surface area contributed by atoms with Gasteiger partial charge < -0.3 is 9.47 Å². The van der Waals surface area contributed by atoms with Crippen LogP contribution in [-0.4, -0.2) is 52.0 Å². The Labute approximate surface area is 113 Å². The third-order valence-electron chi connectivity index (χ3n) is 2.92. The van der Waals surface area contributed by atoms with Crippen LogP contribution in [-0.2, 0) is 9.59 Å². The van der Waals surface area contributed by atoms with E-state index in [9.17, 15) is 9.59 Å². The molecule has 0 unspecified atom stereocenters. The van der Waals surface area contributed by atoms with Crippen molar-refractivity contribution in [2.75, 3.05) is 25.7 Å². The monoisotopic (exact) mass is 277 g/mol. The number of hydrogen-bond donors (Lipinski definition) is 0. The van der Waals surface area contributed by atoms with E-state index in [1.54, 1.807) is 0 Å². The van der Waals surface area contributed by atoms with Crippen LogP contribution in [0.25, 0.3) is 5.65 Å². The van der Waals surface area contributed by atoms with Crippen molar-refractivity contribution in [2.45, 2.75) is 6.42 Å². The number of ether oxygens (including phenoxy) is 2. The molecule has 0 N–H and O–H groups in total. The summed E-state index contributed by atoms with van der Waals surface area (Å²) in [7, 11) is 2.92. The van der Waals surface area contributed by atoms with E-state index in [4.69, 9.17) is 9.47 Å². The number of nitrogens with zero attached hydrogens (tertiary/aromatic N) is 5. The Morgan fingerprint density at radius 2 is 2.05 bits per heavy atom. The third kappa shape index (κ3) is 1.75. The van der Waals surface area contributed by atoms with Gasteiger partial charge in [-0.1, -0.05) is 0 Å². The van der Waals surface area contributed by atoms with E-state index in [2.05, 4.69) is 15.1 Å². The van der Waals surface area contributed by atoms with E-state index in [0.717, 1.165) is 0 Å². The van der Waals surface area contributed by atoms with E-state index in [1.807, 2.05) is 0 Å². The summed E-state index contributed by atoms with van der Waals surface area (Å²) in [4.78, 5) is 32.5. The van der Waals surface area contributed by atoms with Gasteiger partial charge in [0.05, 0.1) is 33.4 Å². The fraction of sp³-hybridized carbons (Fsp3) is 0.364. The van der Waals surface area contributed by atoms with Crippen molar-refractivity contribution in [3.05, 3.63) is 6.20 Å². The van der Waals surface area contributed by atoms with Crippen LogP contribution in [0.15, 0.2) is 6.20 Å². The molecule has 9 nitrogen and oxygen atoms in total. The topological polar surface area (TPSA) is 98.9 Å². The first kappa shape index (κ1) is 12.3. The smallest absolute Gasteiger partial charge is 0.319 e. The lowest BCUT2D eigenvalue weighted by Crippen LogP contribution is -2.25. The Morgan fingerprint density at radius 1 is 1.25 bits per heavy atom. The van der Waals surface area contributed by atoms with Crippen LogP contribution < -0.4 is 14.4 Å². The van der Waals surface area contributed by atoms with Crippen molar-refractivity contribution in [3.63, 3.8) is 0 Å². The molecular weight excluding hydrogens is 266 g/mol. The molecule has 2 aromatic rings. The molecule has 0 aliphatic carbocycles. The Bertz CT molecular complexity index is 669. The minimum Gasteiger partial charge on any atom is -0.491 e. The predicted molar refractivity (Wildman–Crippen MR) is 65.9 cm³/mol. The number of hydrogen-bond acceptors (Lipinski definition) is 7. The van der Waals surface area contributed by atoms with Gasteiger partial charge in [0.1, 0.15) is 0 Å². The molecule has 1 fully saturated rings. The lowest BCUT2D eigenvalue weighted by molar-refractivity contribution is -0.121. The van der Waals surface area contributed by atoms with Crippen molar-refractivity contribution in [2.24, 2.45) is 0 Å². The molecular formula is C11H11N5O4. The van der Waals surface area contributed by atoms with Crippen LogP contribution in [0.1, 0.15) is 6.42 Å². The average Bonchev–Trinajstić information content (AvgIpc) is 3.00. The van der Waals surface area contributed by atoms with Gasteiger partial charge >= 0.3 is 6.01 Å². The molecule has 104 valence electrons. The standard InChI is InChI=1S/C11H11N5O4/c1-19-7-4-12-11(20-2)16-9(7)13-10(14-16)15-5-6(17)3-8(15)18/h4H,3,5H2,1-2H3. The highest BCUT2D eigenvalue weighted by Crippen LogP contribution is 2.24. The Morgan fingerprint density at radius 3 is 2.65 bits per heavy atom. The molecule has 3 heterocycles. The van der Waals surface area contributed by atoms with Crippen LogP contribution in [0.2, 0.25) is 0 Å². The molecule has 0 atom stereocenters. The predicted octanol–water partition coefficient (Wildman–Crippen LogP) is -0.553. The zero-order chi connectivity index (χ0) is 14.3. The molecule has 0 spiro atoms. The molecule has 20 heavy (non-hydrogen) atoms. The van der Waals surface area contributed by atoms with Gasteiger partial charge in [-0.2, -0.15) is 14.5 Å². The summed E-state index contributed by atoms with van der Waals surface area (Å²) in [5, 5.41) is 4.15. The molecule has 1 saturated heterocycles. The SMILES string of the molecule is COc1cnc(OC)n2nc(N3CC(=O)CC3=O)nc12. The van der Waals surface area contributed by atoms with Gasteiger partial charge in [0.2, 0.25) is 11.6 Å². The Kier molecular flexibility index (Phi) is 2.74. The van der Waals surface area contributed by atoms with Crippen molar-refractivity contribution >= 4 is 23.3 Å². The number of Topliss-reactive ketones (excluding diaryl/α,β-unsaturated/α-hetero) is 1. The Hall–Kier alpha value is -2.71. The molecule has 0 bridgehead atoms. The normalized spacial score (nSPS) is 15.2. The fourth-order valence-corrected chi connectivity index (χ4v) is 1.98. The number of amides is 1. The second-order valence-corrected chi connectivity index (χ2v) is 4.16. The van der Waals surface area contributed by atoms with Crippen molar-refractivity contribution < 1.29 is 19.1 Å². The number of aromatic nitrogens is 4. The summed E-state index contributed by atoms with van der Waals surface area (Å²) in [6.07, 6.45) is 1.33. The second-order valence-electron chi connectivity index (χ2n) is 4.16. The number of carbonyl (C=O) groups is 2. The maximum Gasteiger partial charge on any atom is 0.319 e. The van der Waals surface area contributed by atoms with Gasteiger partial charge in [-0.05, 0) is 0 Å². The molecule has 0 saturated carbocycles. The first-order valence-corrected chi connectivity index (χ1v) is 5.80. The fourth-order valence-electron chi connectivity index (χ4n) is 1.98. The van der Waals surface area contributed by atoms with Gasteiger partial charge in [-0.3, -0.25) is 14.5 Å². The van der Waals surface area contributed by atoms with Gasteiger partial charge in [0.25, 0.3) is 5.95 Å². The zero-order valence-corrected chi connectivity index (χ0v) is 10.9. The van der Waals surface area contributed by atoms with Gasteiger partial charge in [-0.25, -0.2) is 0 Å². The van der Waals surface area contributed by atoms with Crippen LogP contribution >= 0.6 is 0 Å². The molecule has 0 radical (unpaired) electrons. The number of carbonyl (C=O) groups excluding carboxylic acids is 2. The quantitative estimate of drug-likeness (QED) is 0.694. The lowest BCUT2D eigenvalue weighted by atomic mass is 10.3. The first-order chi connectivity index (χ1) is 9.63. The number of anilines is 1. The zero-order valence-electron chi connectivity index (χ0n) is 10.9. The van der Waals surface area contributed by atoms with E-state index in [-0.39, 0.29) is 36.6 Å². The third-order valence-corrected chi connectivity index (χ3v) is 2.92. The van der Waals surface area contributed by atoms with E-state index in [0.29, 0.717) is 11.4 Å². The van der Waals surface area contributed by atoms with Gasteiger partial charge in [0, 0.05) is 0 Å².